The van der Waals surface area contributed by atoms with E-state index in [2.05, 4.69) is 23.7 Å². The molecular weight excluding hydrogens is 266 g/mol. The van der Waals surface area contributed by atoms with Gasteiger partial charge in [0.1, 0.15) is 5.82 Å². The average Bonchev–Trinajstić information content (AvgIpc) is 3.05. The van der Waals surface area contributed by atoms with Crippen molar-refractivity contribution in [2.45, 2.75) is 51.7 Å². The van der Waals surface area contributed by atoms with Crippen molar-refractivity contribution >= 4 is 11.0 Å². The molecule has 4 rings (SSSR count). The summed E-state index contributed by atoms with van der Waals surface area (Å²) in [6.07, 6.45) is 3.89. The van der Waals surface area contributed by atoms with Crippen LogP contribution < -0.4 is 9.47 Å². The predicted octanol–water partition coefficient (Wildman–Crippen LogP) is 3.05. The highest BCUT2D eigenvalue weighted by atomic mass is 16.7. The molecule has 5 nitrogen and oxygen atoms in total. The molecule has 1 saturated heterocycles. The number of aromatic amines is 1. The number of fused-ring (bicyclic) bond motifs is 2. The van der Waals surface area contributed by atoms with Gasteiger partial charge in [0.25, 0.3) is 0 Å². The predicted molar refractivity (Wildman–Crippen MR) is 80.5 cm³/mol. The number of ether oxygens (including phenoxy) is 2. The molecule has 0 amide bonds. The number of nitrogens with one attached hydrogen (secondary N) is 1. The molecule has 3 heterocycles. The quantitative estimate of drug-likeness (QED) is 0.922. The van der Waals surface area contributed by atoms with E-state index >= 15 is 0 Å². The number of H-pyrrole nitrogens is 1. The van der Waals surface area contributed by atoms with E-state index in [9.17, 15) is 0 Å². The van der Waals surface area contributed by atoms with Gasteiger partial charge in [-0.15, -0.1) is 0 Å². The molecule has 21 heavy (non-hydrogen) atoms. The molecule has 2 aromatic rings. The highest BCUT2D eigenvalue weighted by Crippen LogP contribution is 2.35. The van der Waals surface area contributed by atoms with Gasteiger partial charge < -0.3 is 14.5 Å². The summed E-state index contributed by atoms with van der Waals surface area (Å²) in [5.41, 5.74) is 1.97. The summed E-state index contributed by atoms with van der Waals surface area (Å²) in [7, 11) is 0. The van der Waals surface area contributed by atoms with Gasteiger partial charge in [-0.2, -0.15) is 0 Å². The molecule has 2 aliphatic rings. The summed E-state index contributed by atoms with van der Waals surface area (Å²) in [6, 6.07) is 5.19. The Balaban J connectivity index is 1.62. The van der Waals surface area contributed by atoms with Crippen LogP contribution in [0.2, 0.25) is 0 Å². The zero-order chi connectivity index (χ0) is 14.4. The Morgan fingerprint density at radius 1 is 1.19 bits per heavy atom. The van der Waals surface area contributed by atoms with Gasteiger partial charge in [0.05, 0.1) is 17.6 Å². The maximum atomic E-state index is 5.42. The van der Waals surface area contributed by atoms with Crippen molar-refractivity contribution < 1.29 is 9.47 Å². The van der Waals surface area contributed by atoms with Crippen molar-refractivity contribution in [1.82, 2.24) is 14.9 Å². The van der Waals surface area contributed by atoms with Crippen LogP contribution in [0.1, 0.15) is 38.9 Å². The topological polar surface area (TPSA) is 50.4 Å². The van der Waals surface area contributed by atoms with Crippen LogP contribution in [0, 0.1) is 0 Å². The first-order valence-electron chi connectivity index (χ1n) is 7.74. The molecule has 0 saturated carbocycles. The van der Waals surface area contributed by atoms with Crippen LogP contribution in [0.15, 0.2) is 12.1 Å². The molecule has 1 fully saturated rings. The van der Waals surface area contributed by atoms with Gasteiger partial charge in [0, 0.05) is 24.2 Å². The fourth-order valence-corrected chi connectivity index (χ4v) is 3.49. The number of nitrogens with zero attached hydrogens (tertiary/aromatic N) is 2. The van der Waals surface area contributed by atoms with E-state index in [4.69, 9.17) is 14.5 Å². The Labute approximate surface area is 124 Å². The van der Waals surface area contributed by atoms with Crippen LogP contribution in [-0.2, 0) is 6.54 Å². The van der Waals surface area contributed by atoms with E-state index in [1.807, 2.05) is 12.1 Å². The van der Waals surface area contributed by atoms with Crippen LogP contribution in [0.4, 0.5) is 0 Å². The van der Waals surface area contributed by atoms with Crippen LogP contribution in [-0.4, -0.2) is 33.7 Å². The van der Waals surface area contributed by atoms with E-state index in [-0.39, 0.29) is 0 Å². The molecule has 0 spiro atoms. The summed E-state index contributed by atoms with van der Waals surface area (Å²) < 4.78 is 10.8. The smallest absolute Gasteiger partial charge is 0.231 e. The first-order chi connectivity index (χ1) is 10.2. The average molecular weight is 287 g/mol. The largest absolute Gasteiger partial charge is 0.454 e. The minimum Gasteiger partial charge on any atom is -0.454 e. The lowest BCUT2D eigenvalue weighted by molar-refractivity contribution is 0.0926. The maximum Gasteiger partial charge on any atom is 0.231 e. The Bertz CT molecular complexity index is 616. The fourth-order valence-electron chi connectivity index (χ4n) is 3.49. The standard InChI is InChI=1S/C16H21N3O2/c1-10-4-3-5-11(2)19(10)8-16-17-12-6-14-15(21-9-20-14)7-13(12)18-16/h6-7,10-11H,3-5,8-9H2,1-2H3,(H,17,18). The number of likely N-dealkylation sites (tertiary alicyclic amines) is 1. The van der Waals surface area contributed by atoms with Crippen LogP contribution in [0.5, 0.6) is 11.5 Å². The van der Waals surface area contributed by atoms with Gasteiger partial charge in [0.15, 0.2) is 11.5 Å². The van der Waals surface area contributed by atoms with Gasteiger partial charge in [-0.3, -0.25) is 4.90 Å². The van der Waals surface area contributed by atoms with Gasteiger partial charge in [-0.25, -0.2) is 4.98 Å². The number of hydrogen-bond donors (Lipinski definition) is 1. The van der Waals surface area contributed by atoms with Gasteiger partial charge in [0.2, 0.25) is 6.79 Å². The van der Waals surface area contributed by atoms with Crippen molar-refractivity contribution in [3.8, 4) is 11.5 Å². The SMILES string of the molecule is CC1CCCC(C)N1Cc1nc2cc3c(cc2[nH]1)OCO3. The molecule has 1 N–H and O–H groups in total. The molecular formula is C16H21N3O2. The van der Waals surface area contributed by atoms with E-state index in [1.54, 1.807) is 0 Å². The zero-order valence-electron chi connectivity index (χ0n) is 12.6. The summed E-state index contributed by atoms with van der Waals surface area (Å²) in [5, 5.41) is 0. The van der Waals surface area contributed by atoms with Crippen molar-refractivity contribution in [2.75, 3.05) is 6.79 Å². The molecule has 0 radical (unpaired) electrons. The van der Waals surface area contributed by atoms with Crippen molar-refractivity contribution in [3.63, 3.8) is 0 Å². The van der Waals surface area contributed by atoms with E-state index < -0.39 is 0 Å². The monoisotopic (exact) mass is 287 g/mol. The second-order valence-corrected chi connectivity index (χ2v) is 6.21. The molecule has 1 aromatic heterocycles. The normalized spacial score (nSPS) is 25.6. The number of aromatic nitrogens is 2. The van der Waals surface area contributed by atoms with E-state index in [0.29, 0.717) is 18.9 Å². The summed E-state index contributed by atoms with van der Waals surface area (Å²) >= 11 is 0. The summed E-state index contributed by atoms with van der Waals surface area (Å²) in [4.78, 5) is 10.7. The second-order valence-electron chi connectivity index (χ2n) is 6.21. The van der Waals surface area contributed by atoms with Crippen LogP contribution in [0.25, 0.3) is 11.0 Å². The zero-order valence-corrected chi connectivity index (χ0v) is 12.6. The van der Waals surface area contributed by atoms with E-state index in [0.717, 1.165) is 34.9 Å². The number of imidazole rings is 1. The number of rotatable bonds is 2. The second kappa shape index (κ2) is 4.91. The molecule has 0 bridgehead atoms. The van der Waals surface area contributed by atoms with Crippen molar-refractivity contribution in [2.24, 2.45) is 0 Å². The first-order valence-corrected chi connectivity index (χ1v) is 7.74. The van der Waals surface area contributed by atoms with Crippen LogP contribution in [0.3, 0.4) is 0 Å². The van der Waals surface area contributed by atoms with Gasteiger partial charge in [-0.1, -0.05) is 6.42 Å². The van der Waals surface area contributed by atoms with Gasteiger partial charge >= 0.3 is 0 Å². The van der Waals surface area contributed by atoms with E-state index in [1.165, 1.54) is 19.3 Å². The summed E-state index contributed by atoms with van der Waals surface area (Å²) in [6.45, 7) is 5.81. The summed E-state index contributed by atoms with van der Waals surface area (Å²) in [5.74, 6) is 2.62. The molecule has 0 aliphatic carbocycles. The molecule has 5 heteroatoms. The maximum absolute atomic E-state index is 5.42. The third-order valence-corrected chi connectivity index (χ3v) is 4.73. The van der Waals surface area contributed by atoms with Crippen molar-refractivity contribution in [1.29, 1.82) is 0 Å². The minimum absolute atomic E-state index is 0.303. The van der Waals surface area contributed by atoms with Crippen molar-refractivity contribution in [3.05, 3.63) is 18.0 Å². The molecule has 1 aromatic carbocycles. The highest BCUT2D eigenvalue weighted by Gasteiger charge is 2.25. The fraction of sp³-hybridized carbons (Fsp3) is 0.562. The molecule has 2 unspecified atom stereocenters. The number of benzene rings is 1. The lowest BCUT2D eigenvalue weighted by Crippen LogP contribution is -2.43. The third-order valence-electron chi connectivity index (χ3n) is 4.73. The Morgan fingerprint density at radius 3 is 2.67 bits per heavy atom. The third kappa shape index (κ3) is 2.25. The lowest BCUT2D eigenvalue weighted by Gasteiger charge is -2.38. The lowest BCUT2D eigenvalue weighted by atomic mass is 9.98. The molecule has 2 atom stereocenters. The first kappa shape index (κ1) is 13.0. The molecule has 112 valence electrons. The Hall–Kier alpha value is -1.75. The number of hydrogen-bond acceptors (Lipinski definition) is 4. The van der Waals surface area contributed by atoms with Gasteiger partial charge in [-0.05, 0) is 26.7 Å². The number of piperidine rings is 1. The Kier molecular flexibility index (Phi) is 3.03. The highest BCUT2D eigenvalue weighted by molar-refractivity contribution is 5.80. The van der Waals surface area contributed by atoms with Crippen LogP contribution >= 0.6 is 0 Å². The molecule has 2 aliphatic heterocycles. The minimum atomic E-state index is 0.303. The Morgan fingerprint density at radius 2 is 1.90 bits per heavy atom.